The van der Waals surface area contributed by atoms with E-state index < -0.39 is 0 Å². The van der Waals surface area contributed by atoms with Crippen LogP contribution < -0.4 is 5.43 Å². The van der Waals surface area contributed by atoms with Crippen molar-refractivity contribution in [3.8, 4) is 0 Å². The first-order valence-electron chi connectivity index (χ1n) is 7.38. The number of hydrazone groups is 1. The minimum Gasteiger partial charge on any atom is -0.346 e. The third-order valence-corrected chi connectivity index (χ3v) is 4.67. The molecule has 1 aliphatic heterocycles. The van der Waals surface area contributed by atoms with Crippen molar-refractivity contribution in [3.63, 3.8) is 0 Å². The third kappa shape index (κ3) is 4.27. The Morgan fingerprint density at radius 1 is 1.04 bits per heavy atom. The van der Waals surface area contributed by atoms with E-state index >= 15 is 0 Å². The zero-order valence-corrected chi connectivity index (χ0v) is 14.2. The molecule has 2 aromatic rings. The number of aromatic nitrogens is 2. The van der Waals surface area contributed by atoms with Crippen LogP contribution in [0.25, 0.3) is 0 Å². The Hall–Kier alpha value is -1.99. The van der Waals surface area contributed by atoms with Crippen molar-refractivity contribution in [2.45, 2.75) is 0 Å². The Balaban J connectivity index is 1.82. The zero-order chi connectivity index (χ0) is 15.9. The molecule has 0 aliphatic carbocycles. The number of pyridine rings is 2. The van der Waals surface area contributed by atoms with Crippen LogP contribution in [-0.2, 0) is 0 Å². The van der Waals surface area contributed by atoms with Gasteiger partial charge >= 0.3 is 0 Å². The molecular weight excluding hydrogens is 326 g/mol. The standard InChI is InChI=1S/C16H17N5S2/c22-16(21-9-11-23-12-10-21)20-19-15(13-5-1-3-7-17-13)14-6-2-4-8-18-14/h1-8H,9-12H2,(H,20,22). The van der Waals surface area contributed by atoms with Gasteiger partial charge in [-0.3, -0.25) is 15.4 Å². The highest BCUT2D eigenvalue weighted by molar-refractivity contribution is 7.99. The highest BCUT2D eigenvalue weighted by atomic mass is 32.2. The van der Waals surface area contributed by atoms with Crippen LogP contribution in [0, 0.1) is 0 Å². The molecule has 1 fully saturated rings. The number of hydrogen-bond donors (Lipinski definition) is 1. The first-order valence-corrected chi connectivity index (χ1v) is 8.94. The lowest BCUT2D eigenvalue weighted by molar-refractivity contribution is 0.455. The van der Waals surface area contributed by atoms with Crippen LogP contribution in [0.3, 0.4) is 0 Å². The van der Waals surface area contributed by atoms with Gasteiger partial charge < -0.3 is 4.90 Å². The number of nitrogens with zero attached hydrogens (tertiary/aromatic N) is 4. The van der Waals surface area contributed by atoms with Gasteiger partial charge in [0.25, 0.3) is 0 Å². The molecule has 0 atom stereocenters. The molecule has 0 saturated carbocycles. The number of hydrogen-bond acceptors (Lipinski definition) is 5. The minimum atomic E-state index is 0.648. The molecule has 7 heteroatoms. The van der Waals surface area contributed by atoms with Crippen LogP contribution in [0.4, 0.5) is 0 Å². The molecular formula is C16H17N5S2. The summed E-state index contributed by atoms with van der Waals surface area (Å²) in [5.74, 6) is 2.19. The third-order valence-electron chi connectivity index (χ3n) is 3.38. The average Bonchev–Trinajstić information content (AvgIpc) is 2.64. The van der Waals surface area contributed by atoms with Crippen molar-refractivity contribution in [2.24, 2.45) is 5.10 Å². The van der Waals surface area contributed by atoms with E-state index in [0.29, 0.717) is 10.8 Å². The van der Waals surface area contributed by atoms with Crippen LogP contribution in [-0.4, -0.2) is 50.3 Å². The maximum Gasteiger partial charge on any atom is 0.189 e. The van der Waals surface area contributed by atoms with Crippen LogP contribution in [0.5, 0.6) is 0 Å². The van der Waals surface area contributed by atoms with Crippen LogP contribution in [0.1, 0.15) is 11.4 Å². The molecule has 0 unspecified atom stereocenters. The monoisotopic (exact) mass is 343 g/mol. The van der Waals surface area contributed by atoms with Gasteiger partial charge in [-0.15, -0.1) is 0 Å². The van der Waals surface area contributed by atoms with E-state index in [2.05, 4.69) is 25.4 Å². The molecule has 0 bridgehead atoms. The first-order chi connectivity index (χ1) is 11.3. The van der Waals surface area contributed by atoms with Gasteiger partial charge in [0.05, 0.1) is 11.4 Å². The Labute approximate surface area is 145 Å². The normalized spacial score (nSPS) is 14.2. The molecule has 2 aromatic heterocycles. The number of thioether (sulfide) groups is 1. The molecule has 118 valence electrons. The van der Waals surface area contributed by atoms with Gasteiger partial charge in [0.15, 0.2) is 5.11 Å². The predicted molar refractivity (Wildman–Crippen MR) is 98.7 cm³/mol. The summed E-state index contributed by atoms with van der Waals surface area (Å²) in [6.07, 6.45) is 3.49. The first kappa shape index (κ1) is 15.9. The summed E-state index contributed by atoms with van der Waals surface area (Å²) in [6, 6.07) is 11.4. The van der Waals surface area contributed by atoms with E-state index in [9.17, 15) is 0 Å². The molecule has 0 radical (unpaired) electrons. The summed E-state index contributed by atoms with van der Waals surface area (Å²) < 4.78 is 0. The summed E-state index contributed by atoms with van der Waals surface area (Å²) >= 11 is 7.40. The fraction of sp³-hybridized carbons (Fsp3) is 0.250. The fourth-order valence-corrected chi connectivity index (χ4v) is 3.32. The summed E-state index contributed by atoms with van der Waals surface area (Å²) in [4.78, 5) is 10.9. The quantitative estimate of drug-likeness (QED) is 0.524. The number of thiocarbonyl (C=S) groups is 1. The van der Waals surface area contributed by atoms with Crippen LogP contribution in [0.15, 0.2) is 53.9 Å². The second-order valence-corrected chi connectivity index (χ2v) is 6.52. The van der Waals surface area contributed by atoms with E-state index in [1.807, 2.05) is 48.2 Å². The molecule has 1 N–H and O–H groups in total. The van der Waals surface area contributed by atoms with Gasteiger partial charge in [-0.2, -0.15) is 16.9 Å². The van der Waals surface area contributed by atoms with Crippen molar-refractivity contribution < 1.29 is 0 Å². The maximum absolute atomic E-state index is 5.45. The molecule has 0 amide bonds. The van der Waals surface area contributed by atoms with E-state index in [4.69, 9.17) is 12.2 Å². The van der Waals surface area contributed by atoms with Crippen molar-refractivity contribution in [3.05, 3.63) is 60.2 Å². The van der Waals surface area contributed by atoms with Gasteiger partial charge in [-0.25, -0.2) is 0 Å². The molecule has 3 rings (SSSR count). The Morgan fingerprint density at radius 2 is 1.65 bits per heavy atom. The summed E-state index contributed by atoms with van der Waals surface area (Å²) in [5.41, 5.74) is 5.21. The molecule has 1 aliphatic rings. The Bertz CT molecular complexity index is 628. The van der Waals surface area contributed by atoms with E-state index in [1.54, 1.807) is 12.4 Å². The predicted octanol–water partition coefficient (Wildman–Crippen LogP) is 2.15. The summed E-state index contributed by atoms with van der Waals surface area (Å²) in [5, 5.41) is 5.14. The SMILES string of the molecule is S=C(NN=C(c1ccccn1)c1ccccn1)N1CCSCC1. The lowest BCUT2D eigenvalue weighted by atomic mass is 10.1. The molecule has 23 heavy (non-hydrogen) atoms. The Morgan fingerprint density at radius 3 is 2.17 bits per heavy atom. The Kier molecular flexibility index (Phi) is 5.55. The largest absolute Gasteiger partial charge is 0.346 e. The highest BCUT2D eigenvalue weighted by Crippen LogP contribution is 2.10. The molecule has 3 heterocycles. The molecule has 0 spiro atoms. The van der Waals surface area contributed by atoms with Crippen LogP contribution >= 0.6 is 24.0 Å². The zero-order valence-electron chi connectivity index (χ0n) is 12.6. The van der Waals surface area contributed by atoms with Crippen LogP contribution in [0.2, 0.25) is 0 Å². The van der Waals surface area contributed by atoms with Crippen molar-refractivity contribution in [2.75, 3.05) is 24.6 Å². The van der Waals surface area contributed by atoms with E-state index in [0.717, 1.165) is 36.0 Å². The maximum atomic E-state index is 5.45. The van der Waals surface area contributed by atoms with Gasteiger partial charge in [-0.1, -0.05) is 12.1 Å². The summed E-state index contributed by atoms with van der Waals surface area (Å²) in [7, 11) is 0. The van der Waals surface area contributed by atoms with E-state index in [1.165, 1.54) is 0 Å². The van der Waals surface area contributed by atoms with Crippen molar-refractivity contribution in [1.82, 2.24) is 20.3 Å². The van der Waals surface area contributed by atoms with Gasteiger partial charge in [0.1, 0.15) is 5.71 Å². The second-order valence-electron chi connectivity index (χ2n) is 4.91. The topological polar surface area (TPSA) is 53.4 Å². The number of rotatable bonds is 3. The summed E-state index contributed by atoms with van der Waals surface area (Å²) in [6.45, 7) is 1.91. The van der Waals surface area contributed by atoms with Crippen molar-refractivity contribution >= 4 is 34.8 Å². The number of nitrogens with one attached hydrogen (secondary N) is 1. The highest BCUT2D eigenvalue weighted by Gasteiger charge is 2.14. The van der Waals surface area contributed by atoms with Gasteiger partial charge in [-0.05, 0) is 36.5 Å². The average molecular weight is 343 g/mol. The minimum absolute atomic E-state index is 0.648. The molecule has 5 nitrogen and oxygen atoms in total. The molecule has 1 saturated heterocycles. The van der Waals surface area contributed by atoms with Crippen molar-refractivity contribution in [1.29, 1.82) is 0 Å². The van der Waals surface area contributed by atoms with E-state index in [-0.39, 0.29) is 0 Å². The van der Waals surface area contributed by atoms with Gasteiger partial charge in [0, 0.05) is 37.0 Å². The fourth-order valence-electron chi connectivity index (χ4n) is 2.19. The second kappa shape index (κ2) is 8.03. The smallest absolute Gasteiger partial charge is 0.189 e. The lowest BCUT2D eigenvalue weighted by Crippen LogP contribution is -2.42. The van der Waals surface area contributed by atoms with Gasteiger partial charge in [0.2, 0.25) is 0 Å². The molecule has 0 aromatic carbocycles. The lowest BCUT2D eigenvalue weighted by Gasteiger charge is -2.28.